The topological polar surface area (TPSA) is 122 Å². The van der Waals surface area contributed by atoms with Gasteiger partial charge in [0.25, 0.3) is 0 Å². The molecule has 3 amide bonds. The maximum absolute atomic E-state index is 11.3. The maximum atomic E-state index is 11.3. The van der Waals surface area contributed by atoms with Gasteiger partial charge in [-0.2, -0.15) is 0 Å². The van der Waals surface area contributed by atoms with Gasteiger partial charge in [-0.25, -0.2) is 9.59 Å². The summed E-state index contributed by atoms with van der Waals surface area (Å²) in [6.45, 7) is 0.513. The van der Waals surface area contributed by atoms with Crippen molar-refractivity contribution in [1.82, 2.24) is 10.6 Å². The van der Waals surface area contributed by atoms with Gasteiger partial charge in [0.2, 0.25) is 5.91 Å². The zero-order chi connectivity index (χ0) is 12.8. The van der Waals surface area contributed by atoms with Crippen LogP contribution in [0.15, 0.2) is 0 Å². The average Bonchev–Trinajstić information content (AvgIpc) is 2.99. The predicted molar refractivity (Wildman–Crippen MR) is 59.1 cm³/mol. The van der Waals surface area contributed by atoms with Crippen LogP contribution in [-0.2, 0) is 9.59 Å². The SMILES string of the molecule is NC(=O)C[C@H](NC(=O)NCCC1CC1)C(=O)O. The fraction of sp³-hybridized carbons (Fsp3) is 0.700. The highest BCUT2D eigenvalue weighted by molar-refractivity contribution is 5.87. The third-order valence-electron chi connectivity index (χ3n) is 2.54. The lowest BCUT2D eigenvalue weighted by molar-refractivity contribution is -0.140. The van der Waals surface area contributed by atoms with Crippen LogP contribution in [0.2, 0.25) is 0 Å². The molecule has 0 saturated heterocycles. The van der Waals surface area contributed by atoms with Gasteiger partial charge in [0, 0.05) is 6.54 Å². The highest BCUT2D eigenvalue weighted by Crippen LogP contribution is 2.31. The smallest absolute Gasteiger partial charge is 0.326 e. The average molecular weight is 243 g/mol. The predicted octanol–water partition coefficient (Wildman–Crippen LogP) is -0.586. The summed E-state index contributed by atoms with van der Waals surface area (Å²) in [5.41, 5.74) is 4.88. The van der Waals surface area contributed by atoms with Gasteiger partial charge in [-0.05, 0) is 12.3 Å². The Kier molecular flexibility index (Phi) is 4.74. The largest absolute Gasteiger partial charge is 0.480 e. The maximum Gasteiger partial charge on any atom is 0.326 e. The first-order chi connectivity index (χ1) is 7.99. The standard InChI is InChI=1S/C10H17N3O4/c11-8(14)5-7(9(15)16)13-10(17)12-4-3-6-1-2-6/h6-7H,1-5H2,(H2,11,14)(H,15,16)(H2,12,13,17)/t7-/m0/s1. The van der Waals surface area contributed by atoms with Crippen molar-refractivity contribution >= 4 is 17.9 Å². The van der Waals surface area contributed by atoms with E-state index in [0.29, 0.717) is 12.5 Å². The number of hydrogen-bond acceptors (Lipinski definition) is 3. The molecule has 1 aliphatic rings. The van der Waals surface area contributed by atoms with E-state index < -0.39 is 30.4 Å². The Labute approximate surface area is 98.7 Å². The Morgan fingerprint density at radius 2 is 2.00 bits per heavy atom. The Hall–Kier alpha value is -1.79. The van der Waals surface area contributed by atoms with E-state index in [2.05, 4.69) is 10.6 Å². The number of nitrogens with one attached hydrogen (secondary N) is 2. The molecule has 1 rings (SSSR count). The molecular formula is C10H17N3O4. The Morgan fingerprint density at radius 3 is 2.47 bits per heavy atom. The fourth-order valence-electron chi connectivity index (χ4n) is 1.41. The van der Waals surface area contributed by atoms with Gasteiger partial charge in [0.15, 0.2) is 0 Å². The fourth-order valence-corrected chi connectivity index (χ4v) is 1.41. The van der Waals surface area contributed by atoms with Gasteiger partial charge in [-0.3, -0.25) is 4.79 Å². The second kappa shape index (κ2) is 6.07. The highest BCUT2D eigenvalue weighted by Gasteiger charge is 2.23. The van der Waals surface area contributed by atoms with Crippen molar-refractivity contribution in [2.24, 2.45) is 11.7 Å². The highest BCUT2D eigenvalue weighted by atomic mass is 16.4. The van der Waals surface area contributed by atoms with E-state index >= 15 is 0 Å². The molecule has 0 radical (unpaired) electrons. The molecule has 1 saturated carbocycles. The molecule has 0 heterocycles. The third kappa shape index (κ3) is 5.74. The summed E-state index contributed by atoms with van der Waals surface area (Å²) in [5.74, 6) is -1.35. The molecule has 1 atom stereocenters. The molecule has 0 aromatic carbocycles. The molecule has 7 nitrogen and oxygen atoms in total. The van der Waals surface area contributed by atoms with Gasteiger partial charge in [0.1, 0.15) is 6.04 Å². The van der Waals surface area contributed by atoms with E-state index in [0.717, 1.165) is 6.42 Å². The van der Waals surface area contributed by atoms with Crippen LogP contribution in [0.25, 0.3) is 0 Å². The molecule has 1 fully saturated rings. The summed E-state index contributed by atoms with van der Waals surface area (Å²) in [6.07, 6.45) is 2.89. The van der Waals surface area contributed by atoms with Crippen LogP contribution >= 0.6 is 0 Å². The number of carbonyl (C=O) groups excluding carboxylic acids is 2. The summed E-state index contributed by atoms with van der Waals surface area (Å²) in [4.78, 5) is 32.6. The number of carboxylic acid groups (broad SMARTS) is 1. The monoisotopic (exact) mass is 243 g/mol. The minimum Gasteiger partial charge on any atom is -0.480 e. The second-order valence-corrected chi connectivity index (χ2v) is 4.19. The molecule has 0 spiro atoms. The van der Waals surface area contributed by atoms with Crippen molar-refractivity contribution in [3.63, 3.8) is 0 Å². The van der Waals surface area contributed by atoms with Crippen molar-refractivity contribution in [2.45, 2.75) is 31.7 Å². The van der Waals surface area contributed by atoms with Crippen LogP contribution < -0.4 is 16.4 Å². The number of aliphatic carboxylic acids is 1. The number of primary amides is 1. The summed E-state index contributed by atoms with van der Waals surface area (Å²) < 4.78 is 0. The number of carbonyl (C=O) groups is 3. The second-order valence-electron chi connectivity index (χ2n) is 4.19. The molecule has 0 bridgehead atoms. The molecule has 0 aromatic heterocycles. The van der Waals surface area contributed by atoms with Crippen molar-refractivity contribution in [3.8, 4) is 0 Å². The minimum absolute atomic E-state index is 0.411. The van der Waals surface area contributed by atoms with Gasteiger partial charge >= 0.3 is 12.0 Å². The minimum atomic E-state index is -1.28. The van der Waals surface area contributed by atoms with Crippen LogP contribution in [0.4, 0.5) is 4.79 Å². The molecule has 5 N–H and O–H groups in total. The normalized spacial score (nSPS) is 16.0. The Morgan fingerprint density at radius 1 is 1.35 bits per heavy atom. The molecule has 0 aliphatic heterocycles. The molecule has 7 heteroatoms. The zero-order valence-corrected chi connectivity index (χ0v) is 9.44. The number of rotatable bonds is 7. The van der Waals surface area contributed by atoms with E-state index in [1.54, 1.807) is 0 Å². The van der Waals surface area contributed by atoms with Crippen molar-refractivity contribution in [2.75, 3.05) is 6.54 Å². The van der Waals surface area contributed by atoms with Crippen molar-refractivity contribution in [1.29, 1.82) is 0 Å². The molecule has 0 unspecified atom stereocenters. The lowest BCUT2D eigenvalue weighted by Gasteiger charge is -2.13. The number of urea groups is 1. The van der Waals surface area contributed by atoms with Gasteiger partial charge in [-0.15, -0.1) is 0 Å². The lowest BCUT2D eigenvalue weighted by atomic mass is 10.2. The first-order valence-electron chi connectivity index (χ1n) is 5.54. The number of amides is 3. The Balaban J connectivity index is 2.24. The van der Waals surface area contributed by atoms with Crippen LogP contribution in [0.1, 0.15) is 25.7 Å². The first-order valence-corrected chi connectivity index (χ1v) is 5.54. The number of nitrogens with two attached hydrogens (primary N) is 1. The molecule has 1 aliphatic carbocycles. The molecule has 17 heavy (non-hydrogen) atoms. The number of carboxylic acids is 1. The summed E-state index contributed by atoms with van der Waals surface area (Å²) in [6, 6.07) is -1.85. The van der Waals surface area contributed by atoms with Crippen LogP contribution in [0, 0.1) is 5.92 Å². The summed E-state index contributed by atoms with van der Waals surface area (Å²) in [7, 11) is 0. The first kappa shape index (κ1) is 13.3. The summed E-state index contributed by atoms with van der Waals surface area (Å²) >= 11 is 0. The van der Waals surface area contributed by atoms with Crippen LogP contribution in [0.5, 0.6) is 0 Å². The van der Waals surface area contributed by atoms with Gasteiger partial charge in [-0.1, -0.05) is 12.8 Å². The quantitative estimate of drug-likeness (QED) is 0.477. The van der Waals surface area contributed by atoms with Gasteiger partial charge in [0.05, 0.1) is 6.42 Å². The van der Waals surface area contributed by atoms with Crippen LogP contribution in [-0.4, -0.2) is 35.6 Å². The third-order valence-corrected chi connectivity index (χ3v) is 2.54. The Bertz CT molecular complexity index is 315. The van der Waals surface area contributed by atoms with Crippen molar-refractivity contribution in [3.05, 3.63) is 0 Å². The van der Waals surface area contributed by atoms with E-state index in [1.807, 2.05) is 0 Å². The molecule has 0 aromatic rings. The van der Waals surface area contributed by atoms with Gasteiger partial charge < -0.3 is 21.5 Å². The van der Waals surface area contributed by atoms with E-state index in [1.165, 1.54) is 12.8 Å². The van der Waals surface area contributed by atoms with E-state index in [9.17, 15) is 14.4 Å². The van der Waals surface area contributed by atoms with E-state index in [-0.39, 0.29) is 0 Å². The zero-order valence-electron chi connectivity index (χ0n) is 9.44. The van der Waals surface area contributed by atoms with Crippen LogP contribution in [0.3, 0.4) is 0 Å². The van der Waals surface area contributed by atoms with E-state index in [4.69, 9.17) is 10.8 Å². The molecular weight excluding hydrogens is 226 g/mol. The number of hydrogen-bond donors (Lipinski definition) is 4. The lowest BCUT2D eigenvalue weighted by Crippen LogP contribution is -2.47. The molecule has 96 valence electrons. The van der Waals surface area contributed by atoms with Crippen molar-refractivity contribution < 1.29 is 19.5 Å². The summed E-state index contributed by atoms with van der Waals surface area (Å²) in [5, 5.41) is 13.5.